The standard InChI is InChI=1S/C6H9N3O/c1-2-9(5-10)6-3-4-7-8-6/h3-5H,2H2,1H3,(H,7,8). The Kier molecular flexibility index (Phi) is 2.04. The van der Waals surface area contributed by atoms with Crippen LogP contribution in [0.2, 0.25) is 0 Å². The second kappa shape index (κ2) is 3.00. The molecule has 0 radical (unpaired) electrons. The minimum absolute atomic E-state index is 0.658. The molecule has 0 aliphatic rings. The molecule has 1 aromatic heterocycles. The first kappa shape index (κ1) is 6.80. The first-order valence-corrected chi connectivity index (χ1v) is 3.09. The van der Waals surface area contributed by atoms with Crippen molar-refractivity contribution in [2.45, 2.75) is 6.92 Å². The van der Waals surface area contributed by atoms with Crippen LogP contribution in [0.5, 0.6) is 0 Å². The van der Waals surface area contributed by atoms with Gasteiger partial charge in [0.1, 0.15) is 5.82 Å². The summed E-state index contributed by atoms with van der Waals surface area (Å²) in [7, 11) is 0. The molecule has 0 unspecified atom stereocenters. The number of hydrogen-bond acceptors (Lipinski definition) is 2. The smallest absolute Gasteiger partial charge is 0.215 e. The summed E-state index contributed by atoms with van der Waals surface area (Å²) in [5, 5.41) is 6.40. The highest BCUT2D eigenvalue weighted by molar-refractivity contribution is 5.72. The van der Waals surface area contributed by atoms with E-state index in [2.05, 4.69) is 10.2 Å². The highest BCUT2D eigenvalue weighted by Gasteiger charge is 2.00. The second-order valence-electron chi connectivity index (χ2n) is 1.83. The quantitative estimate of drug-likeness (QED) is 0.616. The largest absolute Gasteiger partial charge is 0.300 e. The van der Waals surface area contributed by atoms with Crippen molar-refractivity contribution in [3.63, 3.8) is 0 Å². The molecule has 1 N–H and O–H groups in total. The number of aromatic amines is 1. The van der Waals surface area contributed by atoms with Crippen molar-refractivity contribution in [2.75, 3.05) is 11.4 Å². The number of carbonyl (C=O) groups excluding carboxylic acids is 1. The Morgan fingerprint density at radius 3 is 3.10 bits per heavy atom. The molecule has 1 aromatic rings. The molecule has 54 valence electrons. The number of carbonyl (C=O) groups is 1. The summed E-state index contributed by atoms with van der Waals surface area (Å²) in [6.07, 6.45) is 2.38. The molecule has 1 amide bonds. The van der Waals surface area contributed by atoms with Crippen molar-refractivity contribution in [3.8, 4) is 0 Å². The van der Waals surface area contributed by atoms with Gasteiger partial charge in [-0.25, -0.2) is 0 Å². The van der Waals surface area contributed by atoms with Crippen LogP contribution in [-0.4, -0.2) is 23.2 Å². The molecule has 0 atom stereocenters. The van der Waals surface area contributed by atoms with Crippen LogP contribution < -0.4 is 4.90 Å². The lowest BCUT2D eigenvalue weighted by Gasteiger charge is -2.09. The lowest BCUT2D eigenvalue weighted by atomic mass is 10.5. The van der Waals surface area contributed by atoms with E-state index in [0.717, 1.165) is 12.2 Å². The van der Waals surface area contributed by atoms with E-state index in [1.54, 1.807) is 12.3 Å². The zero-order valence-electron chi connectivity index (χ0n) is 5.74. The maximum Gasteiger partial charge on any atom is 0.215 e. The fourth-order valence-corrected chi connectivity index (χ4v) is 0.710. The maximum atomic E-state index is 10.3. The monoisotopic (exact) mass is 139 g/mol. The van der Waals surface area contributed by atoms with Crippen molar-refractivity contribution in [3.05, 3.63) is 12.3 Å². The Balaban J connectivity index is 2.73. The van der Waals surface area contributed by atoms with Crippen LogP contribution in [0.1, 0.15) is 6.92 Å². The van der Waals surface area contributed by atoms with Crippen LogP contribution >= 0.6 is 0 Å². The summed E-state index contributed by atoms with van der Waals surface area (Å²) in [6.45, 7) is 2.56. The summed E-state index contributed by atoms with van der Waals surface area (Å²) in [5.74, 6) is 0.734. The van der Waals surface area contributed by atoms with E-state index in [0.29, 0.717) is 6.54 Å². The van der Waals surface area contributed by atoms with Gasteiger partial charge in [-0.1, -0.05) is 0 Å². The zero-order valence-corrected chi connectivity index (χ0v) is 5.74. The third-order valence-electron chi connectivity index (χ3n) is 1.26. The second-order valence-corrected chi connectivity index (χ2v) is 1.83. The van der Waals surface area contributed by atoms with E-state index in [4.69, 9.17) is 0 Å². The lowest BCUT2D eigenvalue weighted by molar-refractivity contribution is -0.107. The van der Waals surface area contributed by atoms with Crippen LogP contribution in [0.4, 0.5) is 5.82 Å². The maximum absolute atomic E-state index is 10.3. The molecule has 0 aliphatic carbocycles. The topological polar surface area (TPSA) is 49.0 Å². The first-order valence-electron chi connectivity index (χ1n) is 3.09. The normalized spacial score (nSPS) is 9.30. The van der Waals surface area contributed by atoms with Crippen LogP contribution in [0.15, 0.2) is 12.3 Å². The first-order chi connectivity index (χ1) is 4.88. The lowest BCUT2D eigenvalue weighted by Crippen LogP contribution is -2.20. The highest BCUT2D eigenvalue weighted by Crippen LogP contribution is 2.04. The van der Waals surface area contributed by atoms with Crippen molar-refractivity contribution in [1.29, 1.82) is 0 Å². The van der Waals surface area contributed by atoms with Crippen molar-refractivity contribution < 1.29 is 4.79 Å². The number of rotatable bonds is 3. The van der Waals surface area contributed by atoms with Crippen LogP contribution in [-0.2, 0) is 4.79 Å². The molecule has 0 spiro atoms. The van der Waals surface area contributed by atoms with Gasteiger partial charge in [0.05, 0.1) is 6.20 Å². The molecule has 0 saturated carbocycles. The molecule has 4 nitrogen and oxygen atoms in total. The molecule has 0 saturated heterocycles. The van der Waals surface area contributed by atoms with Gasteiger partial charge in [-0.2, -0.15) is 5.10 Å². The van der Waals surface area contributed by atoms with E-state index < -0.39 is 0 Å². The van der Waals surface area contributed by atoms with Gasteiger partial charge >= 0.3 is 0 Å². The average molecular weight is 139 g/mol. The molecular weight excluding hydrogens is 130 g/mol. The Morgan fingerprint density at radius 1 is 1.90 bits per heavy atom. The number of hydrogen-bond donors (Lipinski definition) is 1. The molecule has 0 fully saturated rings. The van der Waals surface area contributed by atoms with Gasteiger partial charge < -0.3 is 4.90 Å². The Hall–Kier alpha value is -1.32. The molecule has 0 aliphatic heterocycles. The van der Waals surface area contributed by atoms with E-state index in [1.165, 1.54) is 4.90 Å². The predicted molar refractivity (Wildman–Crippen MR) is 37.7 cm³/mol. The third-order valence-corrected chi connectivity index (χ3v) is 1.26. The van der Waals surface area contributed by atoms with Gasteiger partial charge in [0, 0.05) is 12.6 Å². The van der Waals surface area contributed by atoms with Gasteiger partial charge in [0.2, 0.25) is 6.41 Å². The van der Waals surface area contributed by atoms with Crippen molar-refractivity contribution in [2.24, 2.45) is 0 Å². The third kappa shape index (κ3) is 1.15. The zero-order chi connectivity index (χ0) is 7.40. The molecule has 0 aromatic carbocycles. The molecular formula is C6H9N3O. The van der Waals surface area contributed by atoms with E-state index >= 15 is 0 Å². The van der Waals surface area contributed by atoms with E-state index in [1.807, 2.05) is 6.92 Å². The van der Waals surface area contributed by atoms with Gasteiger partial charge in [-0.05, 0) is 6.92 Å². The molecule has 10 heavy (non-hydrogen) atoms. The number of amides is 1. The van der Waals surface area contributed by atoms with Crippen LogP contribution in [0.3, 0.4) is 0 Å². The number of nitrogens with zero attached hydrogens (tertiary/aromatic N) is 2. The average Bonchev–Trinajstić information content (AvgIpc) is 2.43. The summed E-state index contributed by atoms with van der Waals surface area (Å²) < 4.78 is 0. The molecule has 0 bridgehead atoms. The molecule has 1 rings (SSSR count). The van der Waals surface area contributed by atoms with Crippen molar-refractivity contribution >= 4 is 12.2 Å². The molecule has 1 heterocycles. The highest BCUT2D eigenvalue weighted by atomic mass is 16.1. The SMILES string of the molecule is CCN(C=O)c1ccn[nH]1. The number of nitrogens with one attached hydrogen (secondary N) is 1. The number of anilines is 1. The van der Waals surface area contributed by atoms with Gasteiger partial charge in [0.25, 0.3) is 0 Å². The number of H-pyrrole nitrogens is 1. The fraction of sp³-hybridized carbons (Fsp3) is 0.333. The molecule has 4 heteroatoms. The van der Waals surface area contributed by atoms with Gasteiger partial charge in [0.15, 0.2) is 0 Å². The summed E-state index contributed by atoms with van der Waals surface area (Å²) >= 11 is 0. The van der Waals surface area contributed by atoms with Crippen LogP contribution in [0.25, 0.3) is 0 Å². The summed E-state index contributed by atoms with van der Waals surface area (Å²) in [4.78, 5) is 11.8. The van der Waals surface area contributed by atoms with Gasteiger partial charge in [-0.3, -0.25) is 9.89 Å². The van der Waals surface area contributed by atoms with E-state index in [-0.39, 0.29) is 0 Å². The van der Waals surface area contributed by atoms with Crippen LogP contribution in [0, 0.1) is 0 Å². The minimum Gasteiger partial charge on any atom is -0.300 e. The number of aromatic nitrogens is 2. The minimum atomic E-state index is 0.658. The predicted octanol–water partition coefficient (Wildman–Crippen LogP) is 0.392. The van der Waals surface area contributed by atoms with E-state index in [9.17, 15) is 4.79 Å². The summed E-state index contributed by atoms with van der Waals surface area (Å²) in [6, 6.07) is 1.75. The Morgan fingerprint density at radius 2 is 2.70 bits per heavy atom. The van der Waals surface area contributed by atoms with Crippen molar-refractivity contribution in [1.82, 2.24) is 10.2 Å². The summed E-state index contributed by atoms with van der Waals surface area (Å²) in [5.41, 5.74) is 0. The Bertz CT molecular complexity index is 195. The fourth-order valence-electron chi connectivity index (χ4n) is 0.710. The van der Waals surface area contributed by atoms with Gasteiger partial charge in [-0.15, -0.1) is 0 Å². The Labute approximate surface area is 58.8 Å².